The number of rotatable bonds is 4. The fourth-order valence-corrected chi connectivity index (χ4v) is 4.09. The van der Waals surface area contributed by atoms with Crippen LogP contribution in [-0.4, -0.2) is 33.9 Å². The molecule has 4 rings (SSSR count). The van der Waals surface area contributed by atoms with Gasteiger partial charge in [-0.3, -0.25) is 0 Å². The lowest BCUT2D eigenvalue weighted by Crippen LogP contribution is -2.33. The number of nitrogens with zero attached hydrogens (tertiary/aromatic N) is 4. The van der Waals surface area contributed by atoms with Crippen LogP contribution in [0.25, 0.3) is 5.65 Å². The predicted octanol–water partition coefficient (Wildman–Crippen LogP) is 4.13. The monoisotopic (exact) mass is 367 g/mol. The van der Waals surface area contributed by atoms with Crippen LogP contribution >= 0.6 is 0 Å². The minimum Gasteiger partial charge on any atom is -0.339 e. The average Bonchev–Trinajstić information content (AvgIpc) is 3.02. The van der Waals surface area contributed by atoms with Crippen molar-refractivity contribution < 1.29 is 4.39 Å². The summed E-state index contributed by atoms with van der Waals surface area (Å²) in [5, 5.41) is 7.69. The van der Waals surface area contributed by atoms with Crippen LogP contribution in [0.1, 0.15) is 43.3 Å². The third kappa shape index (κ3) is 3.18. The maximum absolute atomic E-state index is 14.5. The summed E-state index contributed by atoms with van der Waals surface area (Å²) in [7, 11) is 1.80. The molecule has 0 saturated heterocycles. The summed E-state index contributed by atoms with van der Waals surface area (Å²) < 4.78 is 16.4. The number of hydrogen-bond donors (Lipinski definition) is 1. The number of hydrogen-bond acceptors (Lipinski definition) is 4. The van der Waals surface area contributed by atoms with Crippen molar-refractivity contribution in [3.8, 4) is 0 Å². The van der Waals surface area contributed by atoms with Gasteiger partial charge in [0.2, 0.25) is 0 Å². The van der Waals surface area contributed by atoms with E-state index in [4.69, 9.17) is 0 Å². The Morgan fingerprint density at radius 1 is 1.22 bits per heavy atom. The van der Waals surface area contributed by atoms with Gasteiger partial charge in [0.05, 0.1) is 29.3 Å². The Balaban J connectivity index is 1.70. The lowest BCUT2D eigenvalue weighted by atomic mass is 9.93. The lowest BCUT2D eigenvalue weighted by Gasteiger charge is -2.32. The molecule has 0 radical (unpaired) electrons. The van der Waals surface area contributed by atoms with Crippen LogP contribution in [0, 0.1) is 6.92 Å². The zero-order chi connectivity index (χ0) is 19.2. The van der Waals surface area contributed by atoms with Gasteiger partial charge >= 0.3 is 0 Å². The van der Waals surface area contributed by atoms with E-state index >= 15 is 0 Å². The quantitative estimate of drug-likeness (QED) is 0.753. The molecule has 0 saturated carbocycles. The van der Waals surface area contributed by atoms with E-state index < -0.39 is 5.67 Å². The summed E-state index contributed by atoms with van der Waals surface area (Å²) in [6.45, 7) is 6.13. The van der Waals surface area contributed by atoms with E-state index in [0.717, 1.165) is 47.7 Å². The lowest BCUT2D eigenvalue weighted by molar-refractivity contribution is 0.155. The molecular weight excluding hydrogens is 341 g/mol. The Morgan fingerprint density at radius 3 is 2.63 bits per heavy atom. The maximum Gasteiger partial charge on any atom is 0.155 e. The minimum atomic E-state index is -1.33. The first-order valence-electron chi connectivity index (χ1n) is 9.46. The van der Waals surface area contributed by atoms with E-state index in [1.807, 2.05) is 35.8 Å². The third-order valence-corrected chi connectivity index (χ3v) is 5.28. The van der Waals surface area contributed by atoms with Crippen LogP contribution in [0.3, 0.4) is 0 Å². The van der Waals surface area contributed by atoms with Crippen molar-refractivity contribution in [3.05, 3.63) is 53.5 Å². The Kier molecular flexibility index (Phi) is 4.38. The van der Waals surface area contributed by atoms with Crippen molar-refractivity contribution in [2.24, 2.45) is 0 Å². The number of aryl methyl sites for hydroxylation is 2. The first-order valence-corrected chi connectivity index (χ1v) is 9.46. The number of alkyl halides is 1. The molecule has 1 aromatic carbocycles. The van der Waals surface area contributed by atoms with Gasteiger partial charge in [-0.1, -0.05) is 12.1 Å². The Morgan fingerprint density at radius 2 is 1.96 bits per heavy atom. The van der Waals surface area contributed by atoms with Gasteiger partial charge in [0.25, 0.3) is 0 Å². The average molecular weight is 367 g/mol. The molecule has 0 aliphatic carbocycles. The summed E-state index contributed by atoms with van der Waals surface area (Å²) in [5.74, 6) is 0. The number of nitrogens with one attached hydrogen (secondary N) is 1. The molecule has 0 bridgehead atoms. The molecule has 1 atom stereocenters. The first-order chi connectivity index (χ1) is 12.9. The molecule has 2 aromatic heterocycles. The van der Waals surface area contributed by atoms with E-state index in [9.17, 15) is 4.39 Å². The van der Waals surface area contributed by atoms with Crippen molar-refractivity contribution in [1.82, 2.24) is 19.9 Å². The molecule has 1 aliphatic rings. The number of fused-ring (bicyclic) bond motifs is 3. The highest BCUT2D eigenvalue weighted by Gasteiger charge is 2.29. The zero-order valence-electron chi connectivity index (χ0n) is 16.3. The fraction of sp³-hybridized carbons (Fsp3) is 0.429. The molecule has 0 unspecified atom stereocenters. The maximum atomic E-state index is 14.5. The summed E-state index contributed by atoms with van der Waals surface area (Å²) in [6.07, 6.45) is 3.99. The van der Waals surface area contributed by atoms with Gasteiger partial charge in [0, 0.05) is 18.3 Å². The van der Waals surface area contributed by atoms with Gasteiger partial charge in [-0.15, -0.1) is 0 Å². The smallest absolute Gasteiger partial charge is 0.155 e. The normalized spacial score (nSPS) is 15.8. The second-order valence-electron chi connectivity index (χ2n) is 7.78. The summed E-state index contributed by atoms with van der Waals surface area (Å²) in [4.78, 5) is 6.86. The standard InChI is InChI=1S/C21H26FN5/c1-14-12-19-24-13-18-17(27(19)25-14)6-5-11-26(18)16-9-7-15(8-10-16)20(23-4)21(2,3)22/h7-10,12-13,20,23H,5-6,11H2,1-4H3/t20-/m0/s1. The van der Waals surface area contributed by atoms with Crippen LogP contribution in [0.15, 0.2) is 36.5 Å². The minimum absolute atomic E-state index is 0.339. The van der Waals surface area contributed by atoms with E-state index in [0.29, 0.717) is 0 Å². The topological polar surface area (TPSA) is 45.5 Å². The molecule has 5 nitrogen and oxygen atoms in total. The Bertz CT molecular complexity index is 955. The molecule has 3 heterocycles. The van der Waals surface area contributed by atoms with Gasteiger partial charge in [0.1, 0.15) is 5.67 Å². The van der Waals surface area contributed by atoms with E-state index in [1.165, 1.54) is 5.69 Å². The van der Waals surface area contributed by atoms with Crippen molar-refractivity contribution in [2.45, 2.75) is 45.3 Å². The van der Waals surface area contributed by atoms with Gasteiger partial charge in [-0.05, 0) is 58.4 Å². The summed E-state index contributed by atoms with van der Waals surface area (Å²) in [5.41, 5.74) is 4.87. The van der Waals surface area contributed by atoms with Crippen molar-refractivity contribution in [3.63, 3.8) is 0 Å². The van der Waals surface area contributed by atoms with E-state index in [2.05, 4.69) is 32.4 Å². The van der Waals surface area contributed by atoms with Crippen molar-refractivity contribution >= 4 is 17.0 Å². The third-order valence-electron chi connectivity index (χ3n) is 5.28. The summed E-state index contributed by atoms with van der Waals surface area (Å²) >= 11 is 0. The van der Waals surface area contributed by atoms with Crippen LogP contribution < -0.4 is 10.2 Å². The largest absolute Gasteiger partial charge is 0.339 e. The Hall–Kier alpha value is -2.47. The fourth-order valence-electron chi connectivity index (χ4n) is 4.09. The molecule has 27 heavy (non-hydrogen) atoms. The van der Waals surface area contributed by atoms with Crippen LogP contribution in [-0.2, 0) is 6.42 Å². The first kappa shape index (κ1) is 17.9. The molecule has 0 amide bonds. The molecule has 6 heteroatoms. The van der Waals surface area contributed by atoms with Crippen LogP contribution in [0.5, 0.6) is 0 Å². The second kappa shape index (κ2) is 6.60. The van der Waals surface area contributed by atoms with Gasteiger partial charge in [-0.25, -0.2) is 13.9 Å². The zero-order valence-corrected chi connectivity index (χ0v) is 16.3. The van der Waals surface area contributed by atoms with Crippen molar-refractivity contribution in [1.29, 1.82) is 0 Å². The molecule has 142 valence electrons. The molecule has 1 N–H and O–H groups in total. The second-order valence-corrected chi connectivity index (χ2v) is 7.78. The molecule has 0 fully saturated rings. The molecule has 1 aliphatic heterocycles. The summed E-state index contributed by atoms with van der Waals surface area (Å²) in [6, 6.07) is 9.82. The van der Waals surface area contributed by atoms with Crippen LogP contribution in [0.4, 0.5) is 15.8 Å². The molecule has 3 aromatic rings. The SMILES string of the molecule is CN[C@@H](c1ccc(N2CCCc3c2cnc2cc(C)nn32)cc1)C(C)(C)F. The molecular formula is C21H26FN5. The number of halogens is 1. The number of aromatic nitrogens is 3. The van der Waals surface area contributed by atoms with Gasteiger partial charge in [0.15, 0.2) is 5.65 Å². The highest BCUT2D eigenvalue weighted by molar-refractivity contribution is 5.67. The van der Waals surface area contributed by atoms with Gasteiger partial charge < -0.3 is 10.2 Å². The Labute approximate surface area is 159 Å². The van der Waals surface area contributed by atoms with Gasteiger partial charge in [-0.2, -0.15) is 5.10 Å². The molecule has 0 spiro atoms. The highest BCUT2D eigenvalue weighted by atomic mass is 19.1. The predicted molar refractivity (Wildman–Crippen MR) is 106 cm³/mol. The van der Waals surface area contributed by atoms with E-state index in [1.54, 1.807) is 20.9 Å². The highest BCUT2D eigenvalue weighted by Crippen LogP contribution is 2.35. The van der Waals surface area contributed by atoms with Crippen LogP contribution in [0.2, 0.25) is 0 Å². The van der Waals surface area contributed by atoms with Crippen molar-refractivity contribution in [2.75, 3.05) is 18.5 Å². The van der Waals surface area contributed by atoms with E-state index in [-0.39, 0.29) is 6.04 Å². The number of anilines is 2. The number of benzene rings is 1.